The van der Waals surface area contributed by atoms with Gasteiger partial charge in [-0.2, -0.15) is 10.2 Å². The molecule has 2 aromatic heterocycles. The third-order valence-corrected chi connectivity index (χ3v) is 13.1. The van der Waals surface area contributed by atoms with Gasteiger partial charge in [0.25, 0.3) is 0 Å². The number of amides is 2. The van der Waals surface area contributed by atoms with Gasteiger partial charge in [0.1, 0.15) is 0 Å². The molecule has 48 heavy (non-hydrogen) atoms. The molecule has 4 aliphatic heterocycles. The van der Waals surface area contributed by atoms with Gasteiger partial charge in [-0.3, -0.25) is 24.3 Å². The minimum atomic E-state index is -0.148. The lowest BCUT2D eigenvalue weighted by Crippen LogP contribution is -2.63. The van der Waals surface area contributed by atoms with Crippen molar-refractivity contribution in [1.29, 1.82) is 0 Å². The first kappa shape index (κ1) is 32.1. The Hall–Kier alpha value is -3.08. The summed E-state index contributed by atoms with van der Waals surface area (Å²) in [6, 6.07) is 3.05. The molecule has 5 aliphatic rings. The van der Waals surface area contributed by atoms with E-state index in [0.29, 0.717) is 28.0 Å². The van der Waals surface area contributed by atoms with E-state index in [1.807, 2.05) is 17.2 Å². The van der Waals surface area contributed by atoms with Gasteiger partial charge < -0.3 is 14.7 Å². The molecule has 0 radical (unpaired) electrons. The lowest BCUT2D eigenvalue weighted by Gasteiger charge is -2.58. The van der Waals surface area contributed by atoms with Crippen molar-refractivity contribution >= 4 is 51.7 Å². The molecule has 2 amide bonds. The highest BCUT2D eigenvalue weighted by molar-refractivity contribution is 6.45. The highest BCUT2D eigenvalue weighted by Gasteiger charge is 2.55. The van der Waals surface area contributed by atoms with Gasteiger partial charge in [0.2, 0.25) is 11.8 Å². The summed E-state index contributed by atoms with van der Waals surface area (Å²) in [4.78, 5) is 33.5. The van der Waals surface area contributed by atoms with Gasteiger partial charge in [0.15, 0.2) is 5.82 Å². The Bertz CT molecular complexity index is 1790. The second kappa shape index (κ2) is 11.5. The van der Waals surface area contributed by atoms with E-state index < -0.39 is 0 Å². The molecule has 10 nitrogen and oxygen atoms in total. The molecule has 256 valence electrons. The topological polar surface area (TPSA) is 93.6 Å². The lowest BCUT2D eigenvalue weighted by atomic mass is 9.60. The normalized spacial score (nSPS) is 26.6. The minimum Gasteiger partial charge on any atom is -0.349 e. The van der Waals surface area contributed by atoms with Gasteiger partial charge in [0, 0.05) is 91.4 Å². The molecular weight excluding hydrogens is 647 g/mol. The van der Waals surface area contributed by atoms with E-state index in [1.54, 1.807) is 6.92 Å². The monoisotopic (exact) mass is 692 g/mol. The number of hydrogen-bond acceptors (Lipinski definition) is 6. The first-order valence-corrected chi connectivity index (χ1v) is 18.2. The summed E-state index contributed by atoms with van der Waals surface area (Å²) < 4.78 is 2.23. The molecule has 3 atom stereocenters. The Morgan fingerprint density at radius 1 is 1.04 bits per heavy atom. The number of benzene rings is 1. The maximum Gasteiger partial charge on any atom is 0.245 e. The minimum absolute atomic E-state index is 0.0141. The van der Waals surface area contributed by atoms with E-state index in [9.17, 15) is 9.59 Å². The van der Waals surface area contributed by atoms with Crippen molar-refractivity contribution in [2.24, 2.45) is 11.3 Å². The molecule has 5 fully saturated rings. The molecule has 4 saturated heterocycles. The molecule has 2 bridgehead atoms. The predicted octanol–water partition coefficient (Wildman–Crippen LogP) is 6.08. The zero-order chi connectivity index (χ0) is 33.7. The van der Waals surface area contributed by atoms with Crippen molar-refractivity contribution in [1.82, 2.24) is 34.7 Å². The first-order valence-electron chi connectivity index (χ1n) is 17.5. The van der Waals surface area contributed by atoms with Crippen molar-refractivity contribution in [2.75, 3.05) is 44.2 Å². The number of H-pyrrole nitrogens is 1. The fraction of sp³-hybridized carbons (Fsp3) is 0.611. The smallest absolute Gasteiger partial charge is 0.245 e. The van der Waals surface area contributed by atoms with Crippen LogP contribution in [0, 0.1) is 18.3 Å². The van der Waals surface area contributed by atoms with Gasteiger partial charge in [-0.05, 0) is 77.4 Å². The Kier molecular flexibility index (Phi) is 7.69. The number of piperazine rings is 1. The lowest BCUT2D eigenvalue weighted by molar-refractivity contribution is -0.149. The predicted molar refractivity (Wildman–Crippen MR) is 189 cm³/mol. The summed E-state index contributed by atoms with van der Waals surface area (Å²) in [6.45, 7) is 17.5. The number of nitrogens with zero attached hydrogens (tertiary/aromatic N) is 7. The van der Waals surface area contributed by atoms with Crippen molar-refractivity contribution in [3.05, 3.63) is 40.7 Å². The maximum absolute atomic E-state index is 12.2. The van der Waals surface area contributed by atoms with E-state index >= 15 is 0 Å². The van der Waals surface area contributed by atoms with Crippen LogP contribution < -0.4 is 4.90 Å². The van der Waals surface area contributed by atoms with Crippen LogP contribution in [0.5, 0.6) is 0 Å². The summed E-state index contributed by atoms with van der Waals surface area (Å²) in [5.41, 5.74) is 3.85. The van der Waals surface area contributed by atoms with Crippen molar-refractivity contribution in [3.63, 3.8) is 0 Å². The standard InChI is InChI=1S/C36H46Cl2N8O2/c1-6-30(48)43-19-36(20-43)13-26(14-36)46-21(2)31(32-27-15-39-40-29(27)11-28(37)33(32)38)34(41-46)45-10-9-23(12-35(45,4)5)16-44-24-7-8-25(44)18-42(17-24)22(3)47/h6,11,15,23-26H,1,7-10,12-14,16-20H2,2-5H3,(H,39,40)/t23-,24?,25?/m1/s1. The number of nitrogens with one attached hydrogen (secondary N) is 1. The number of fused-ring (bicyclic) bond motifs is 3. The van der Waals surface area contributed by atoms with E-state index in [2.05, 4.69) is 56.9 Å². The SMILES string of the molecule is C=CC(=O)N1CC2(CC(n3nc(N4CC[C@@H](CN5C6CCC5CN(C(C)=O)C6)CC4(C)C)c(-c4c(Cl)c(Cl)cc5[nH]ncc45)c3C)C2)C1. The molecule has 2 unspecified atom stereocenters. The number of likely N-dealkylation sites (tertiary alicyclic amines) is 2. The summed E-state index contributed by atoms with van der Waals surface area (Å²) in [7, 11) is 0. The Morgan fingerprint density at radius 3 is 2.40 bits per heavy atom. The molecule has 1 saturated carbocycles. The number of hydrogen-bond donors (Lipinski definition) is 1. The van der Waals surface area contributed by atoms with Crippen molar-refractivity contribution in [3.8, 4) is 11.1 Å². The molecule has 1 aliphatic carbocycles. The van der Waals surface area contributed by atoms with Crippen LogP contribution in [0.25, 0.3) is 22.0 Å². The summed E-state index contributed by atoms with van der Waals surface area (Å²) in [5, 5.41) is 14.8. The third kappa shape index (κ3) is 5.07. The zero-order valence-corrected chi connectivity index (χ0v) is 29.9. The van der Waals surface area contributed by atoms with E-state index in [-0.39, 0.29) is 28.8 Å². The molecule has 1 spiro atoms. The van der Waals surface area contributed by atoms with Crippen LogP contribution in [0.4, 0.5) is 5.82 Å². The second-order valence-corrected chi connectivity index (χ2v) is 16.7. The molecule has 6 heterocycles. The van der Waals surface area contributed by atoms with Gasteiger partial charge in [-0.25, -0.2) is 0 Å². The van der Waals surface area contributed by atoms with Crippen LogP contribution in [-0.4, -0.2) is 103 Å². The fourth-order valence-corrected chi connectivity index (χ4v) is 10.4. The molecule has 1 aromatic carbocycles. The van der Waals surface area contributed by atoms with E-state index in [0.717, 1.165) is 98.5 Å². The molecule has 8 rings (SSSR count). The van der Waals surface area contributed by atoms with Gasteiger partial charge in [0.05, 0.1) is 27.8 Å². The first-order chi connectivity index (χ1) is 22.9. The Labute approximate surface area is 292 Å². The molecule has 3 aromatic rings. The number of halogens is 2. The van der Waals surface area contributed by atoms with Crippen LogP contribution in [0.3, 0.4) is 0 Å². The van der Waals surface area contributed by atoms with E-state index in [1.165, 1.54) is 18.9 Å². The van der Waals surface area contributed by atoms with Gasteiger partial charge in [-0.15, -0.1) is 0 Å². The quantitative estimate of drug-likeness (QED) is 0.315. The van der Waals surface area contributed by atoms with Crippen LogP contribution in [0.15, 0.2) is 24.9 Å². The Balaban J connectivity index is 1.09. The molecule has 1 N–H and O–H groups in total. The number of carbonyl (C=O) groups is 2. The number of piperidine rings is 1. The van der Waals surface area contributed by atoms with Crippen LogP contribution >= 0.6 is 23.2 Å². The summed E-state index contributed by atoms with van der Waals surface area (Å²) >= 11 is 13.8. The number of aromatic nitrogens is 4. The summed E-state index contributed by atoms with van der Waals surface area (Å²) in [6.07, 6.45) is 9.72. The van der Waals surface area contributed by atoms with Crippen LogP contribution in [-0.2, 0) is 9.59 Å². The average Bonchev–Trinajstić information content (AvgIpc) is 3.64. The largest absolute Gasteiger partial charge is 0.349 e. The van der Waals surface area contributed by atoms with Crippen molar-refractivity contribution < 1.29 is 9.59 Å². The van der Waals surface area contributed by atoms with E-state index in [4.69, 9.17) is 28.3 Å². The zero-order valence-electron chi connectivity index (χ0n) is 28.4. The summed E-state index contributed by atoms with van der Waals surface area (Å²) in [5.74, 6) is 1.74. The van der Waals surface area contributed by atoms with Crippen LogP contribution in [0.2, 0.25) is 10.0 Å². The van der Waals surface area contributed by atoms with Gasteiger partial charge >= 0.3 is 0 Å². The van der Waals surface area contributed by atoms with Gasteiger partial charge in [-0.1, -0.05) is 29.8 Å². The Morgan fingerprint density at radius 2 is 1.75 bits per heavy atom. The highest BCUT2D eigenvalue weighted by atomic mass is 35.5. The highest BCUT2D eigenvalue weighted by Crippen LogP contribution is 2.56. The number of anilines is 1. The maximum atomic E-state index is 12.2. The fourth-order valence-electron chi connectivity index (χ4n) is 9.96. The number of rotatable bonds is 6. The van der Waals surface area contributed by atoms with Crippen LogP contribution in [0.1, 0.15) is 71.0 Å². The molecular formula is C36H46Cl2N8O2. The number of aromatic amines is 1. The average molecular weight is 694 g/mol. The third-order valence-electron chi connectivity index (χ3n) is 12.3. The van der Waals surface area contributed by atoms with Crippen molar-refractivity contribution in [2.45, 2.75) is 89.9 Å². The number of carbonyl (C=O) groups excluding carboxylic acids is 2. The molecule has 12 heteroatoms. The second-order valence-electron chi connectivity index (χ2n) is 15.9.